The molecule has 0 bridgehead atoms. The van der Waals surface area contributed by atoms with Gasteiger partial charge in [0.25, 0.3) is 0 Å². The molecule has 8 heteroatoms. The lowest BCUT2D eigenvalue weighted by Crippen LogP contribution is -2.37. The molecule has 1 N–H and O–H groups in total. The van der Waals surface area contributed by atoms with Crippen LogP contribution in [0.3, 0.4) is 0 Å². The molecule has 0 aliphatic rings. The number of hydrogen-bond donors (Lipinski definition) is 1. The first kappa shape index (κ1) is 15.2. The second kappa shape index (κ2) is 5.41. The molecule has 0 atom stereocenters. The molecule has 0 aliphatic heterocycles. The van der Waals surface area contributed by atoms with Crippen LogP contribution >= 0.6 is 0 Å². The molecular weight excluding hydrogens is 275 g/mol. The molecule has 0 saturated carbocycles. The third-order valence-corrected chi connectivity index (χ3v) is 2.21. The zero-order valence-corrected chi connectivity index (χ0v) is 9.38. The van der Waals surface area contributed by atoms with E-state index in [1.807, 2.05) is 0 Å². The largest absolute Gasteiger partial charge is 0.492 e. The number of alkyl halides is 5. The molecule has 1 rings (SSSR count). The Hall–Kier alpha value is -1.86. The molecule has 1 aromatic rings. The highest BCUT2D eigenvalue weighted by Crippen LogP contribution is 2.38. The summed E-state index contributed by atoms with van der Waals surface area (Å²) in [5, 5.41) is 8.75. The number of carboxylic acids is 1. The van der Waals surface area contributed by atoms with Crippen LogP contribution in [0.4, 0.5) is 22.0 Å². The van der Waals surface area contributed by atoms with Crippen LogP contribution in [0.25, 0.3) is 0 Å². The second-order valence-corrected chi connectivity index (χ2v) is 3.60. The first-order chi connectivity index (χ1) is 8.65. The fourth-order valence-corrected chi connectivity index (χ4v) is 1.20. The normalized spacial score (nSPS) is 12.3. The Labute approximate surface area is 104 Å². The maximum absolute atomic E-state index is 12.6. The highest BCUT2D eigenvalue weighted by molar-refractivity contribution is 5.90. The number of halogens is 5. The van der Waals surface area contributed by atoms with E-state index in [0.717, 1.165) is 6.07 Å². The van der Waals surface area contributed by atoms with Crippen molar-refractivity contribution in [3.63, 3.8) is 0 Å². The molecule has 0 aromatic heterocycles. The number of aromatic carboxylic acids is 1. The SMILES string of the molecule is O=C(O)c1ccccc1OCCC(F)(F)C(F)(F)F. The van der Waals surface area contributed by atoms with Gasteiger partial charge < -0.3 is 9.84 Å². The van der Waals surface area contributed by atoms with E-state index in [1.165, 1.54) is 18.2 Å². The summed E-state index contributed by atoms with van der Waals surface area (Å²) in [6.45, 7) is -0.948. The van der Waals surface area contributed by atoms with E-state index in [-0.39, 0.29) is 11.3 Å². The molecule has 0 spiro atoms. The molecule has 0 heterocycles. The van der Waals surface area contributed by atoms with Gasteiger partial charge in [-0.25, -0.2) is 4.79 Å². The third-order valence-electron chi connectivity index (χ3n) is 2.21. The molecule has 3 nitrogen and oxygen atoms in total. The van der Waals surface area contributed by atoms with Gasteiger partial charge in [-0.2, -0.15) is 22.0 Å². The minimum Gasteiger partial charge on any atom is -0.492 e. The summed E-state index contributed by atoms with van der Waals surface area (Å²) in [5.41, 5.74) is -0.308. The van der Waals surface area contributed by atoms with Gasteiger partial charge >= 0.3 is 18.1 Å². The summed E-state index contributed by atoms with van der Waals surface area (Å²) >= 11 is 0. The van der Waals surface area contributed by atoms with Gasteiger partial charge in [-0.05, 0) is 12.1 Å². The van der Waals surface area contributed by atoms with Gasteiger partial charge in [0.05, 0.1) is 13.0 Å². The quantitative estimate of drug-likeness (QED) is 0.843. The lowest BCUT2D eigenvalue weighted by atomic mass is 10.2. The molecule has 0 amide bonds. The Bertz CT molecular complexity index is 456. The lowest BCUT2D eigenvalue weighted by Gasteiger charge is -2.19. The van der Waals surface area contributed by atoms with Crippen LogP contribution in [0, 0.1) is 0 Å². The Morgan fingerprint density at radius 1 is 1.16 bits per heavy atom. The predicted octanol–water partition coefficient (Wildman–Crippen LogP) is 3.35. The zero-order chi connectivity index (χ0) is 14.7. The van der Waals surface area contributed by atoms with E-state index in [4.69, 9.17) is 5.11 Å². The Kier molecular flexibility index (Phi) is 4.33. The van der Waals surface area contributed by atoms with Gasteiger partial charge in [0.15, 0.2) is 0 Å². The summed E-state index contributed by atoms with van der Waals surface area (Å²) in [6, 6.07) is 5.08. The number of hydrogen-bond acceptors (Lipinski definition) is 2. The van der Waals surface area contributed by atoms with E-state index in [2.05, 4.69) is 4.74 Å². The number of rotatable bonds is 5. The average Bonchev–Trinajstić information content (AvgIpc) is 2.27. The molecule has 0 aliphatic carbocycles. The van der Waals surface area contributed by atoms with Crippen molar-refractivity contribution in [1.82, 2.24) is 0 Å². The van der Waals surface area contributed by atoms with E-state index in [9.17, 15) is 26.7 Å². The fourth-order valence-electron chi connectivity index (χ4n) is 1.20. The zero-order valence-electron chi connectivity index (χ0n) is 9.38. The maximum atomic E-state index is 12.6. The molecular formula is C11H9F5O3. The van der Waals surface area contributed by atoms with Crippen LogP contribution in [0.5, 0.6) is 5.75 Å². The number of carboxylic acid groups (broad SMARTS) is 1. The van der Waals surface area contributed by atoms with E-state index < -0.39 is 31.1 Å². The first-order valence-electron chi connectivity index (χ1n) is 5.05. The van der Waals surface area contributed by atoms with Crippen molar-refractivity contribution in [1.29, 1.82) is 0 Å². The summed E-state index contributed by atoms with van der Waals surface area (Å²) < 4.78 is 65.4. The summed E-state index contributed by atoms with van der Waals surface area (Å²) in [5.74, 6) is -6.49. The van der Waals surface area contributed by atoms with Crippen LogP contribution < -0.4 is 4.74 Å². The van der Waals surface area contributed by atoms with Gasteiger partial charge in [-0.1, -0.05) is 12.1 Å². The summed E-state index contributed by atoms with van der Waals surface area (Å²) in [7, 11) is 0. The van der Waals surface area contributed by atoms with Crippen molar-refractivity contribution in [2.24, 2.45) is 0 Å². The van der Waals surface area contributed by atoms with Crippen molar-refractivity contribution in [2.75, 3.05) is 6.61 Å². The van der Waals surface area contributed by atoms with Gasteiger partial charge in [0.1, 0.15) is 11.3 Å². The number of para-hydroxylation sites is 1. The van der Waals surface area contributed by atoms with Gasteiger partial charge in [-0.15, -0.1) is 0 Å². The molecule has 0 unspecified atom stereocenters. The topological polar surface area (TPSA) is 46.5 Å². The fraction of sp³-hybridized carbons (Fsp3) is 0.364. The maximum Gasteiger partial charge on any atom is 0.453 e. The van der Waals surface area contributed by atoms with Crippen LogP contribution in [0.15, 0.2) is 24.3 Å². The van der Waals surface area contributed by atoms with Gasteiger partial charge in [-0.3, -0.25) is 0 Å². The van der Waals surface area contributed by atoms with Crippen molar-refractivity contribution in [3.8, 4) is 5.75 Å². The Balaban J connectivity index is 2.67. The van der Waals surface area contributed by atoms with Crippen molar-refractivity contribution < 1.29 is 36.6 Å². The lowest BCUT2D eigenvalue weighted by molar-refractivity contribution is -0.285. The number of benzene rings is 1. The standard InChI is InChI=1S/C11H9F5O3/c12-10(13,11(14,15)16)5-6-19-8-4-2-1-3-7(8)9(17)18/h1-4H,5-6H2,(H,17,18). The van der Waals surface area contributed by atoms with Crippen LogP contribution in [-0.2, 0) is 0 Å². The third kappa shape index (κ3) is 3.80. The second-order valence-electron chi connectivity index (χ2n) is 3.60. The summed E-state index contributed by atoms with van der Waals surface area (Å²) in [4.78, 5) is 10.7. The molecule has 1 aromatic carbocycles. The Morgan fingerprint density at radius 2 is 1.74 bits per heavy atom. The predicted molar refractivity (Wildman–Crippen MR) is 54.5 cm³/mol. The number of carbonyl (C=O) groups is 1. The van der Waals surface area contributed by atoms with E-state index >= 15 is 0 Å². The highest BCUT2D eigenvalue weighted by Gasteiger charge is 2.56. The Morgan fingerprint density at radius 3 is 2.26 bits per heavy atom. The average molecular weight is 284 g/mol. The van der Waals surface area contributed by atoms with Crippen LogP contribution in [-0.4, -0.2) is 29.8 Å². The monoisotopic (exact) mass is 284 g/mol. The highest BCUT2D eigenvalue weighted by atomic mass is 19.4. The van der Waals surface area contributed by atoms with Gasteiger partial charge in [0.2, 0.25) is 0 Å². The minimum atomic E-state index is -5.65. The van der Waals surface area contributed by atoms with E-state index in [1.54, 1.807) is 0 Å². The smallest absolute Gasteiger partial charge is 0.453 e. The van der Waals surface area contributed by atoms with Crippen molar-refractivity contribution >= 4 is 5.97 Å². The minimum absolute atomic E-state index is 0.257. The number of ether oxygens (including phenoxy) is 1. The molecule has 0 saturated heterocycles. The van der Waals surface area contributed by atoms with Gasteiger partial charge in [0, 0.05) is 0 Å². The molecule has 19 heavy (non-hydrogen) atoms. The van der Waals surface area contributed by atoms with E-state index in [0.29, 0.717) is 0 Å². The van der Waals surface area contributed by atoms with Crippen LogP contribution in [0.2, 0.25) is 0 Å². The van der Waals surface area contributed by atoms with Crippen molar-refractivity contribution in [2.45, 2.75) is 18.5 Å². The first-order valence-corrected chi connectivity index (χ1v) is 5.05. The van der Waals surface area contributed by atoms with Crippen LogP contribution in [0.1, 0.15) is 16.8 Å². The summed E-state index contributed by atoms with van der Waals surface area (Å²) in [6.07, 6.45) is -7.23. The molecule has 0 radical (unpaired) electrons. The molecule has 0 fully saturated rings. The van der Waals surface area contributed by atoms with Crippen molar-refractivity contribution in [3.05, 3.63) is 29.8 Å². The molecule has 106 valence electrons.